The topological polar surface area (TPSA) is 85.1 Å². The molecule has 108 valence electrons. The summed E-state index contributed by atoms with van der Waals surface area (Å²) >= 11 is 0. The summed E-state index contributed by atoms with van der Waals surface area (Å²) in [6, 6.07) is 7.80. The number of hydrazine groups is 1. The van der Waals surface area contributed by atoms with Gasteiger partial charge in [0.25, 0.3) is 0 Å². The van der Waals surface area contributed by atoms with Gasteiger partial charge < -0.3 is 10.1 Å². The van der Waals surface area contributed by atoms with Crippen molar-refractivity contribution in [3.8, 4) is 0 Å². The number of nitrogen functional groups attached to an aromatic ring is 1. The van der Waals surface area contributed by atoms with Crippen LogP contribution in [-0.4, -0.2) is 28.7 Å². The number of hydrogen-bond acceptors (Lipinski definition) is 6. The molecule has 0 radical (unpaired) electrons. The van der Waals surface area contributed by atoms with Crippen LogP contribution in [0.15, 0.2) is 24.3 Å². The molecule has 0 aliphatic rings. The predicted molar refractivity (Wildman–Crippen MR) is 81.5 cm³/mol. The zero-order valence-electron chi connectivity index (χ0n) is 12.1. The van der Waals surface area contributed by atoms with Crippen LogP contribution in [0.3, 0.4) is 0 Å². The molecule has 0 aliphatic carbocycles. The molecule has 0 amide bonds. The predicted octanol–water partition coefficient (Wildman–Crippen LogP) is 2.14. The summed E-state index contributed by atoms with van der Waals surface area (Å²) < 4.78 is 5.67. The zero-order valence-corrected chi connectivity index (χ0v) is 12.1. The van der Waals surface area contributed by atoms with Gasteiger partial charge >= 0.3 is 0 Å². The van der Waals surface area contributed by atoms with E-state index in [9.17, 15) is 0 Å². The van der Waals surface area contributed by atoms with Gasteiger partial charge in [-0.1, -0.05) is 12.1 Å². The number of nitrogens with two attached hydrogens (primary N) is 1. The molecule has 4 N–H and O–H groups in total. The Bertz CT molecular complexity index is 585. The monoisotopic (exact) mass is 275 g/mol. The molecule has 2 aromatic rings. The highest BCUT2D eigenvalue weighted by Crippen LogP contribution is 2.22. The minimum Gasteiger partial charge on any atom is -0.374 e. The van der Waals surface area contributed by atoms with Crippen molar-refractivity contribution in [3.05, 3.63) is 24.3 Å². The van der Waals surface area contributed by atoms with Crippen molar-refractivity contribution in [1.29, 1.82) is 0 Å². The molecule has 0 bridgehead atoms. The Morgan fingerprint density at radius 3 is 2.70 bits per heavy atom. The largest absolute Gasteiger partial charge is 0.374 e. The van der Waals surface area contributed by atoms with Crippen molar-refractivity contribution >= 4 is 22.7 Å². The molecule has 0 aliphatic heterocycles. The SMILES string of the molecule is CCOC(C)(C)CNc1nc(NN)nc2ccccc12. The van der Waals surface area contributed by atoms with Gasteiger partial charge in [-0.15, -0.1) is 0 Å². The average Bonchev–Trinajstić information content (AvgIpc) is 2.44. The van der Waals surface area contributed by atoms with E-state index >= 15 is 0 Å². The van der Waals surface area contributed by atoms with Crippen LogP contribution in [-0.2, 0) is 4.74 Å². The lowest BCUT2D eigenvalue weighted by Crippen LogP contribution is -2.33. The Hall–Kier alpha value is -1.92. The number of aromatic nitrogens is 2. The van der Waals surface area contributed by atoms with Crippen molar-refractivity contribution in [2.75, 3.05) is 23.9 Å². The summed E-state index contributed by atoms with van der Waals surface area (Å²) in [5, 5.41) is 4.27. The summed E-state index contributed by atoms with van der Waals surface area (Å²) in [5.74, 6) is 6.55. The fourth-order valence-electron chi connectivity index (χ4n) is 2.01. The second-order valence-electron chi connectivity index (χ2n) is 5.10. The van der Waals surface area contributed by atoms with E-state index in [4.69, 9.17) is 10.6 Å². The first-order valence-electron chi connectivity index (χ1n) is 6.67. The number of benzene rings is 1. The van der Waals surface area contributed by atoms with Crippen LogP contribution in [0.25, 0.3) is 10.9 Å². The van der Waals surface area contributed by atoms with Crippen LogP contribution in [0, 0.1) is 0 Å². The van der Waals surface area contributed by atoms with E-state index in [0.717, 1.165) is 16.7 Å². The first-order valence-corrected chi connectivity index (χ1v) is 6.67. The third-order valence-corrected chi connectivity index (χ3v) is 2.95. The van der Waals surface area contributed by atoms with E-state index in [1.54, 1.807) is 0 Å². The Morgan fingerprint density at radius 1 is 1.25 bits per heavy atom. The summed E-state index contributed by atoms with van der Waals surface area (Å²) in [5.41, 5.74) is 3.06. The first kappa shape index (κ1) is 14.5. The molecule has 1 heterocycles. The second kappa shape index (κ2) is 6.02. The van der Waals surface area contributed by atoms with Gasteiger partial charge in [0, 0.05) is 18.5 Å². The third-order valence-electron chi connectivity index (χ3n) is 2.95. The van der Waals surface area contributed by atoms with E-state index in [0.29, 0.717) is 19.1 Å². The highest BCUT2D eigenvalue weighted by Gasteiger charge is 2.18. The highest BCUT2D eigenvalue weighted by atomic mass is 16.5. The Balaban J connectivity index is 2.28. The molecule has 0 atom stereocenters. The maximum atomic E-state index is 5.67. The second-order valence-corrected chi connectivity index (χ2v) is 5.10. The van der Waals surface area contributed by atoms with Crippen LogP contribution in [0.1, 0.15) is 20.8 Å². The molecule has 0 unspecified atom stereocenters. The van der Waals surface area contributed by atoms with E-state index in [2.05, 4.69) is 20.7 Å². The van der Waals surface area contributed by atoms with E-state index < -0.39 is 0 Å². The Kier molecular flexibility index (Phi) is 4.36. The number of ether oxygens (including phenoxy) is 1. The molecule has 6 nitrogen and oxygen atoms in total. The van der Waals surface area contributed by atoms with Crippen molar-refractivity contribution in [1.82, 2.24) is 9.97 Å². The van der Waals surface area contributed by atoms with Gasteiger partial charge in [-0.2, -0.15) is 4.98 Å². The molecule has 0 spiro atoms. The average molecular weight is 275 g/mol. The number of rotatable bonds is 6. The lowest BCUT2D eigenvalue weighted by molar-refractivity contribution is 0.000664. The Labute approximate surface area is 118 Å². The van der Waals surface area contributed by atoms with E-state index in [1.807, 2.05) is 45.0 Å². The lowest BCUT2D eigenvalue weighted by atomic mass is 10.1. The van der Waals surface area contributed by atoms with Gasteiger partial charge in [0.15, 0.2) is 0 Å². The third kappa shape index (κ3) is 3.34. The molecule has 1 aromatic carbocycles. The maximum absolute atomic E-state index is 5.67. The summed E-state index contributed by atoms with van der Waals surface area (Å²) in [4.78, 5) is 8.69. The number of nitrogens with one attached hydrogen (secondary N) is 2. The molecule has 1 aromatic heterocycles. The number of fused-ring (bicyclic) bond motifs is 1. The van der Waals surface area contributed by atoms with Gasteiger partial charge in [-0.05, 0) is 32.9 Å². The standard InChI is InChI=1S/C14H21N5O/c1-4-20-14(2,3)9-16-12-10-7-5-6-8-11(10)17-13(18-12)19-15/h5-8H,4,9,15H2,1-3H3,(H2,16,17,18,19). The summed E-state index contributed by atoms with van der Waals surface area (Å²) in [6.45, 7) is 7.38. The quantitative estimate of drug-likeness (QED) is 0.553. The minimum absolute atomic E-state index is 0.267. The van der Waals surface area contributed by atoms with Crippen molar-refractivity contribution in [2.45, 2.75) is 26.4 Å². The van der Waals surface area contributed by atoms with Gasteiger partial charge in [0.05, 0.1) is 11.1 Å². The normalized spacial score (nSPS) is 11.6. The van der Waals surface area contributed by atoms with Crippen molar-refractivity contribution in [3.63, 3.8) is 0 Å². The fraction of sp³-hybridized carbons (Fsp3) is 0.429. The highest BCUT2D eigenvalue weighted by molar-refractivity contribution is 5.89. The minimum atomic E-state index is -0.267. The fourth-order valence-corrected chi connectivity index (χ4v) is 2.01. The zero-order chi connectivity index (χ0) is 14.6. The van der Waals surface area contributed by atoms with Crippen molar-refractivity contribution < 1.29 is 4.74 Å². The number of nitrogens with zero attached hydrogens (tertiary/aromatic N) is 2. The molecule has 0 fully saturated rings. The number of hydrogen-bond donors (Lipinski definition) is 3. The molecule has 20 heavy (non-hydrogen) atoms. The van der Waals surface area contributed by atoms with Crippen molar-refractivity contribution in [2.24, 2.45) is 5.84 Å². The molecular weight excluding hydrogens is 254 g/mol. The van der Waals surface area contributed by atoms with E-state index in [1.165, 1.54) is 0 Å². The number of anilines is 2. The van der Waals surface area contributed by atoms with Crippen LogP contribution < -0.4 is 16.6 Å². The van der Waals surface area contributed by atoms with Crippen LogP contribution in [0.5, 0.6) is 0 Å². The van der Waals surface area contributed by atoms with Crippen LogP contribution in [0.2, 0.25) is 0 Å². The molecule has 0 saturated heterocycles. The molecule has 6 heteroatoms. The molecule has 0 saturated carbocycles. The van der Waals surface area contributed by atoms with Crippen LogP contribution >= 0.6 is 0 Å². The smallest absolute Gasteiger partial charge is 0.239 e. The van der Waals surface area contributed by atoms with Gasteiger partial charge in [-0.25, -0.2) is 10.8 Å². The summed E-state index contributed by atoms with van der Waals surface area (Å²) in [7, 11) is 0. The maximum Gasteiger partial charge on any atom is 0.239 e. The van der Waals surface area contributed by atoms with Gasteiger partial charge in [0.1, 0.15) is 5.82 Å². The summed E-state index contributed by atoms with van der Waals surface area (Å²) in [6.07, 6.45) is 0. The van der Waals surface area contributed by atoms with Gasteiger partial charge in [0.2, 0.25) is 5.95 Å². The first-order chi connectivity index (χ1) is 9.55. The number of para-hydroxylation sites is 1. The van der Waals surface area contributed by atoms with Crippen LogP contribution in [0.4, 0.5) is 11.8 Å². The molecule has 2 rings (SSSR count). The van der Waals surface area contributed by atoms with Gasteiger partial charge in [-0.3, -0.25) is 5.43 Å². The molecular formula is C14H21N5O. The Morgan fingerprint density at radius 2 is 2.00 bits per heavy atom. The lowest BCUT2D eigenvalue weighted by Gasteiger charge is -2.25. The van der Waals surface area contributed by atoms with E-state index in [-0.39, 0.29) is 5.60 Å².